The van der Waals surface area contributed by atoms with Gasteiger partial charge >= 0.3 is 0 Å². The van der Waals surface area contributed by atoms with E-state index in [0.29, 0.717) is 5.41 Å². The molecule has 0 radical (unpaired) electrons. The summed E-state index contributed by atoms with van der Waals surface area (Å²) in [6, 6.07) is 0. The summed E-state index contributed by atoms with van der Waals surface area (Å²) in [5, 5.41) is 0. The lowest BCUT2D eigenvalue weighted by Gasteiger charge is -2.32. The molecule has 1 rings (SSSR count). The van der Waals surface area contributed by atoms with Gasteiger partial charge in [-0.3, -0.25) is 0 Å². The quantitative estimate of drug-likeness (QED) is 0.679. The van der Waals surface area contributed by atoms with Crippen LogP contribution in [-0.2, 0) is 0 Å². The number of hydrogen-bond acceptors (Lipinski definition) is 1. The summed E-state index contributed by atoms with van der Waals surface area (Å²) >= 11 is 0. The van der Waals surface area contributed by atoms with Gasteiger partial charge in [0.2, 0.25) is 0 Å². The highest BCUT2D eigenvalue weighted by Gasteiger charge is 2.26. The van der Waals surface area contributed by atoms with E-state index in [1.54, 1.807) is 6.20 Å². The monoisotopic (exact) mass is 205 g/mol. The third-order valence-corrected chi connectivity index (χ3v) is 3.32. The van der Waals surface area contributed by atoms with E-state index >= 15 is 0 Å². The molecule has 15 heavy (non-hydrogen) atoms. The van der Waals surface area contributed by atoms with Crippen LogP contribution in [0.1, 0.15) is 47.0 Å². The van der Waals surface area contributed by atoms with Gasteiger partial charge < -0.3 is 5.73 Å². The van der Waals surface area contributed by atoms with E-state index in [1.807, 2.05) is 6.92 Å². The first-order chi connectivity index (χ1) is 6.97. The van der Waals surface area contributed by atoms with Gasteiger partial charge in [0.25, 0.3) is 0 Å². The van der Waals surface area contributed by atoms with Crippen molar-refractivity contribution in [3.8, 4) is 0 Å². The zero-order valence-electron chi connectivity index (χ0n) is 10.4. The Morgan fingerprint density at radius 3 is 2.60 bits per heavy atom. The standard InChI is InChI=1S/C14H23N/c1-11(10-15)7-8-13-12(2)6-5-9-14(13,3)4/h7-8,10H,5-6,9,15H2,1-4H3/b8-7+,11-10+. The number of rotatable bonds is 2. The van der Waals surface area contributed by atoms with Gasteiger partial charge in [0.15, 0.2) is 0 Å². The molecule has 0 bridgehead atoms. The molecule has 0 unspecified atom stereocenters. The van der Waals surface area contributed by atoms with Gasteiger partial charge in [0, 0.05) is 0 Å². The predicted molar refractivity (Wildman–Crippen MR) is 67.4 cm³/mol. The molecule has 2 N–H and O–H groups in total. The Hall–Kier alpha value is -0.980. The van der Waals surface area contributed by atoms with Crippen LogP contribution in [0.2, 0.25) is 0 Å². The molecule has 0 saturated heterocycles. The van der Waals surface area contributed by atoms with Crippen LogP contribution in [0, 0.1) is 5.41 Å². The molecular weight excluding hydrogens is 182 g/mol. The lowest BCUT2D eigenvalue weighted by molar-refractivity contribution is 0.377. The summed E-state index contributed by atoms with van der Waals surface area (Å²) in [7, 11) is 0. The van der Waals surface area contributed by atoms with Gasteiger partial charge in [-0.1, -0.05) is 31.6 Å². The summed E-state index contributed by atoms with van der Waals surface area (Å²) in [5.74, 6) is 0. The van der Waals surface area contributed by atoms with Crippen molar-refractivity contribution in [2.45, 2.75) is 47.0 Å². The topological polar surface area (TPSA) is 26.0 Å². The molecule has 1 nitrogen and oxygen atoms in total. The van der Waals surface area contributed by atoms with Gasteiger partial charge in [0.1, 0.15) is 0 Å². The van der Waals surface area contributed by atoms with Crippen LogP contribution in [0.5, 0.6) is 0 Å². The third kappa shape index (κ3) is 2.98. The van der Waals surface area contributed by atoms with E-state index in [2.05, 4.69) is 32.9 Å². The molecule has 0 aliphatic heterocycles. The van der Waals surface area contributed by atoms with Gasteiger partial charge in [-0.2, -0.15) is 0 Å². The Labute approximate surface area is 93.7 Å². The molecule has 0 aromatic carbocycles. The van der Waals surface area contributed by atoms with Crippen molar-refractivity contribution in [1.29, 1.82) is 0 Å². The molecule has 0 aromatic heterocycles. The van der Waals surface area contributed by atoms with E-state index in [4.69, 9.17) is 5.73 Å². The lowest BCUT2D eigenvalue weighted by atomic mass is 9.72. The van der Waals surface area contributed by atoms with Crippen molar-refractivity contribution in [2.75, 3.05) is 0 Å². The zero-order chi connectivity index (χ0) is 11.5. The summed E-state index contributed by atoms with van der Waals surface area (Å²) in [5.41, 5.74) is 9.94. The number of allylic oxidation sites excluding steroid dienone is 5. The second-order valence-electron chi connectivity index (χ2n) is 5.18. The van der Waals surface area contributed by atoms with Crippen LogP contribution in [0.3, 0.4) is 0 Å². The van der Waals surface area contributed by atoms with E-state index in [0.717, 1.165) is 5.57 Å². The Morgan fingerprint density at radius 1 is 1.40 bits per heavy atom. The summed E-state index contributed by atoms with van der Waals surface area (Å²) in [4.78, 5) is 0. The van der Waals surface area contributed by atoms with E-state index in [1.165, 1.54) is 30.4 Å². The van der Waals surface area contributed by atoms with Crippen molar-refractivity contribution in [3.05, 3.63) is 35.1 Å². The second-order valence-corrected chi connectivity index (χ2v) is 5.18. The molecule has 0 aromatic rings. The first-order valence-corrected chi connectivity index (χ1v) is 5.74. The molecule has 1 aliphatic rings. The normalized spacial score (nSPS) is 22.5. The molecule has 84 valence electrons. The average molecular weight is 205 g/mol. The molecule has 0 fully saturated rings. The van der Waals surface area contributed by atoms with Gasteiger partial charge in [-0.25, -0.2) is 0 Å². The predicted octanol–water partition coefficient (Wildman–Crippen LogP) is 3.93. The van der Waals surface area contributed by atoms with Gasteiger partial charge in [-0.05, 0) is 55.9 Å². The summed E-state index contributed by atoms with van der Waals surface area (Å²) in [6.07, 6.45) is 9.87. The molecule has 0 heterocycles. The minimum Gasteiger partial charge on any atom is -0.404 e. The van der Waals surface area contributed by atoms with Crippen LogP contribution < -0.4 is 5.73 Å². The fourth-order valence-corrected chi connectivity index (χ4v) is 2.28. The molecule has 0 atom stereocenters. The minimum atomic E-state index is 0.327. The molecule has 0 amide bonds. The highest BCUT2D eigenvalue weighted by Crippen LogP contribution is 2.40. The fourth-order valence-electron chi connectivity index (χ4n) is 2.28. The van der Waals surface area contributed by atoms with Crippen LogP contribution in [0.4, 0.5) is 0 Å². The average Bonchev–Trinajstić information content (AvgIpc) is 2.15. The van der Waals surface area contributed by atoms with Crippen molar-refractivity contribution < 1.29 is 0 Å². The van der Waals surface area contributed by atoms with Crippen molar-refractivity contribution in [3.63, 3.8) is 0 Å². The Kier molecular flexibility index (Phi) is 3.78. The zero-order valence-corrected chi connectivity index (χ0v) is 10.4. The SMILES string of the molecule is CC1=C(/C=C/C(C)=C/N)C(C)(C)CCC1. The van der Waals surface area contributed by atoms with Gasteiger partial charge in [-0.15, -0.1) is 0 Å². The second kappa shape index (κ2) is 4.69. The molecular formula is C14H23N. The first kappa shape index (κ1) is 12.1. The van der Waals surface area contributed by atoms with Gasteiger partial charge in [0.05, 0.1) is 0 Å². The summed E-state index contributed by atoms with van der Waals surface area (Å²) < 4.78 is 0. The minimum absolute atomic E-state index is 0.327. The van der Waals surface area contributed by atoms with E-state index in [9.17, 15) is 0 Å². The number of nitrogens with two attached hydrogens (primary N) is 1. The smallest absolute Gasteiger partial charge is 0.00325 e. The molecule has 0 spiro atoms. The van der Waals surface area contributed by atoms with Crippen LogP contribution in [-0.4, -0.2) is 0 Å². The first-order valence-electron chi connectivity index (χ1n) is 5.74. The third-order valence-electron chi connectivity index (χ3n) is 3.32. The van der Waals surface area contributed by atoms with Crippen LogP contribution in [0.25, 0.3) is 0 Å². The largest absolute Gasteiger partial charge is 0.404 e. The molecule has 1 aliphatic carbocycles. The highest BCUT2D eigenvalue weighted by molar-refractivity contribution is 5.35. The highest BCUT2D eigenvalue weighted by atomic mass is 14.5. The van der Waals surface area contributed by atoms with Crippen LogP contribution >= 0.6 is 0 Å². The lowest BCUT2D eigenvalue weighted by Crippen LogP contribution is -2.19. The Bertz CT molecular complexity index is 316. The maximum Gasteiger partial charge on any atom is -0.00325 e. The summed E-state index contributed by atoms with van der Waals surface area (Å²) in [6.45, 7) is 8.94. The maximum atomic E-state index is 5.46. The van der Waals surface area contributed by atoms with E-state index < -0.39 is 0 Å². The fraction of sp³-hybridized carbons (Fsp3) is 0.571. The van der Waals surface area contributed by atoms with Crippen molar-refractivity contribution >= 4 is 0 Å². The number of hydrogen-bond donors (Lipinski definition) is 1. The Morgan fingerprint density at radius 2 is 2.07 bits per heavy atom. The van der Waals surface area contributed by atoms with E-state index in [-0.39, 0.29) is 0 Å². The van der Waals surface area contributed by atoms with Crippen molar-refractivity contribution in [2.24, 2.45) is 11.1 Å². The Balaban J connectivity index is 2.95. The molecule has 1 heteroatoms. The molecule has 0 saturated carbocycles. The van der Waals surface area contributed by atoms with Crippen LogP contribution in [0.15, 0.2) is 35.1 Å². The van der Waals surface area contributed by atoms with Crippen molar-refractivity contribution in [1.82, 2.24) is 0 Å². The maximum absolute atomic E-state index is 5.46.